The monoisotopic (exact) mass is 1050 g/mol. The first-order chi connectivity index (χ1) is 34.9. The molecule has 0 radical (unpaired) electrons. The van der Waals surface area contributed by atoms with Crippen LogP contribution in [0.2, 0.25) is 0 Å². The molecule has 0 bridgehead atoms. The average Bonchev–Trinajstić information content (AvgIpc) is 4.31. The molecule has 2 aromatic heterocycles. The van der Waals surface area contributed by atoms with Crippen molar-refractivity contribution in [3.63, 3.8) is 0 Å². The molecule has 8 rings (SSSR count). The Morgan fingerprint density at radius 1 is 0.904 bits per heavy atom. The first kappa shape index (κ1) is 53.6. The molecule has 1 aromatic carbocycles. The van der Waals surface area contributed by atoms with Crippen molar-refractivity contribution < 1.29 is 70.7 Å². The van der Waals surface area contributed by atoms with Gasteiger partial charge < -0.3 is 54.0 Å². The van der Waals surface area contributed by atoms with E-state index in [-0.39, 0.29) is 56.6 Å². The Balaban J connectivity index is 1.09. The maximum absolute atomic E-state index is 15.2. The lowest BCUT2D eigenvalue weighted by molar-refractivity contribution is -0.142. The molecule has 1 saturated heterocycles. The van der Waals surface area contributed by atoms with E-state index in [0.29, 0.717) is 51.8 Å². The summed E-state index contributed by atoms with van der Waals surface area (Å²) in [5.74, 6) is -0.691. The molecule has 3 heterocycles. The lowest BCUT2D eigenvalue weighted by Gasteiger charge is -2.36. The van der Waals surface area contributed by atoms with Crippen molar-refractivity contribution in [3.05, 3.63) is 42.3 Å². The standard InChI is InChI=1S/C50H67N6O15PS/c1-8-32-22-50(32,72(62,68-27-66-47(60)64-24-30-13-14-30)69-28-67-48(61)65-25-31-15-16-31)55-43(57)40-20-35(23-56(40)44(58)42(49(4,5)6)54-46(59)71-33-11-9-10-12-33)70-41-21-38(39-26-73-45(53-39)51-29(2)3)52-37-19-34(63-7)17-18-36(37)41/h8,17-19,21,26,29-33,35,40,42H,1,9-16,20,22-25,27-28H2,2-7H3,(H,51,53)(H,54,59)(H,55,57)/t32-,35?,40+,42-,50+/m1/s1. The van der Waals surface area contributed by atoms with E-state index in [4.69, 9.17) is 52.2 Å². The van der Waals surface area contributed by atoms with Gasteiger partial charge >= 0.3 is 26.0 Å². The predicted octanol–water partition coefficient (Wildman–Crippen LogP) is 8.91. The summed E-state index contributed by atoms with van der Waals surface area (Å²) < 4.78 is 65.3. The zero-order valence-corrected chi connectivity index (χ0v) is 43.9. The number of anilines is 1. The number of carbonyl (C=O) groups is 5. The number of carbonyl (C=O) groups excluding carboxylic acids is 5. The Hall–Kier alpha value is -5.70. The second-order valence-corrected chi connectivity index (χ2v) is 23.9. The number of amides is 3. The van der Waals surface area contributed by atoms with Crippen LogP contribution in [0.5, 0.6) is 11.5 Å². The topological polar surface area (TPSA) is 251 Å². The fourth-order valence-electron chi connectivity index (χ4n) is 8.87. The zero-order chi connectivity index (χ0) is 52.1. The third-order valence-corrected chi connectivity index (χ3v) is 16.7. The molecule has 4 aliphatic carbocycles. The van der Waals surface area contributed by atoms with Crippen molar-refractivity contribution >= 4 is 65.2 Å². The summed E-state index contributed by atoms with van der Waals surface area (Å²) in [6, 6.07) is 4.76. The number of pyridine rings is 1. The van der Waals surface area contributed by atoms with E-state index in [1.807, 2.05) is 25.3 Å². The highest BCUT2D eigenvalue weighted by atomic mass is 32.1. The molecule has 0 spiro atoms. The maximum Gasteiger partial charge on any atom is 0.510 e. The summed E-state index contributed by atoms with van der Waals surface area (Å²) in [6.45, 7) is 11.6. The van der Waals surface area contributed by atoms with Crippen LogP contribution in [0.15, 0.2) is 42.3 Å². The average molecular weight is 1060 g/mol. The molecule has 4 saturated carbocycles. The number of ether oxygens (including phenoxy) is 7. The number of hydrogen-bond donors (Lipinski definition) is 3. The minimum atomic E-state index is -4.71. The van der Waals surface area contributed by atoms with Crippen molar-refractivity contribution in [1.29, 1.82) is 0 Å². The Labute approximate surface area is 428 Å². The molecule has 398 valence electrons. The van der Waals surface area contributed by atoms with E-state index in [2.05, 4.69) is 22.5 Å². The van der Waals surface area contributed by atoms with Crippen LogP contribution < -0.4 is 25.4 Å². The SMILES string of the molecule is C=C[C@@H]1C[C@]1(NC(=O)[C@@H]1CC(Oc2cc(-c3csc(NC(C)C)n3)nc3cc(OC)ccc23)CN1C(=O)[C@@H](NC(=O)OC1CCCC1)C(C)(C)C)P(=O)(OCOC(=O)OCC1CC1)OCOC(=O)OCC1CC1. The lowest BCUT2D eigenvalue weighted by atomic mass is 9.85. The van der Waals surface area contributed by atoms with E-state index >= 15 is 14.2 Å². The van der Waals surface area contributed by atoms with Gasteiger partial charge in [0.15, 0.2) is 5.13 Å². The van der Waals surface area contributed by atoms with Gasteiger partial charge in [0, 0.05) is 41.3 Å². The number of nitrogens with one attached hydrogen (secondary N) is 3. The fourth-order valence-corrected chi connectivity index (χ4v) is 11.8. The largest absolute Gasteiger partial charge is 0.510 e. The molecular weight excluding hydrogens is 988 g/mol. The number of aromatic nitrogens is 2. The Morgan fingerprint density at radius 3 is 2.14 bits per heavy atom. The molecule has 73 heavy (non-hydrogen) atoms. The summed E-state index contributed by atoms with van der Waals surface area (Å²) in [7, 11) is -3.16. The minimum absolute atomic E-state index is 0.0300. The molecule has 3 N–H and O–H groups in total. The van der Waals surface area contributed by atoms with Gasteiger partial charge in [-0.15, -0.1) is 17.9 Å². The normalized spacial score (nSPS) is 22.3. The van der Waals surface area contributed by atoms with Crippen molar-refractivity contribution in [2.75, 3.05) is 45.8 Å². The van der Waals surface area contributed by atoms with Crippen LogP contribution in [0.1, 0.15) is 98.8 Å². The minimum Gasteiger partial charge on any atom is -0.497 e. The highest BCUT2D eigenvalue weighted by Crippen LogP contribution is 2.73. The summed E-state index contributed by atoms with van der Waals surface area (Å²) in [5, 5.41) is 10.4. The molecule has 21 nitrogen and oxygen atoms in total. The van der Waals surface area contributed by atoms with Gasteiger partial charge in [-0.3, -0.25) is 23.2 Å². The number of thiazole rings is 1. The van der Waals surface area contributed by atoms with Crippen LogP contribution in [0.4, 0.5) is 19.5 Å². The van der Waals surface area contributed by atoms with E-state index < -0.39 is 86.2 Å². The number of rotatable bonds is 23. The Morgan fingerprint density at radius 2 is 1.56 bits per heavy atom. The molecule has 1 aliphatic heterocycles. The van der Waals surface area contributed by atoms with Gasteiger partial charge in [0.1, 0.15) is 46.8 Å². The van der Waals surface area contributed by atoms with Crippen molar-refractivity contribution in [2.45, 2.75) is 134 Å². The van der Waals surface area contributed by atoms with Crippen LogP contribution in [0, 0.1) is 23.2 Å². The number of fused-ring (bicyclic) bond motifs is 1. The Bertz CT molecular complexity index is 2520. The van der Waals surface area contributed by atoms with Crippen molar-refractivity contribution in [3.8, 4) is 22.9 Å². The lowest BCUT2D eigenvalue weighted by Crippen LogP contribution is -2.58. The van der Waals surface area contributed by atoms with Crippen molar-refractivity contribution in [2.24, 2.45) is 23.2 Å². The molecule has 3 amide bonds. The van der Waals surface area contributed by atoms with Crippen LogP contribution in [-0.4, -0.2) is 121 Å². The van der Waals surface area contributed by atoms with Crippen LogP contribution in [0.25, 0.3) is 22.3 Å². The summed E-state index contributed by atoms with van der Waals surface area (Å²) >= 11 is 1.43. The van der Waals surface area contributed by atoms with Crippen molar-refractivity contribution in [1.82, 2.24) is 25.5 Å². The number of nitrogens with zero attached hydrogens (tertiary/aromatic N) is 3. The highest BCUT2D eigenvalue weighted by Gasteiger charge is 2.69. The Kier molecular flexibility index (Phi) is 16.8. The van der Waals surface area contributed by atoms with Gasteiger partial charge in [0.05, 0.1) is 38.1 Å². The fraction of sp³-hybridized carbons (Fsp3) is 0.620. The highest BCUT2D eigenvalue weighted by molar-refractivity contribution is 7.56. The van der Waals surface area contributed by atoms with Gasteiger partial charge in [0.2, 0.25) is 25.4 Å². The first-order valence-electron chi connectivity index (χ1n) is 24.9. The van der Waals surface area contributed by atoms with Gasteiger partial charge in [0.25, 0.3) is 0 Å². The third kappa shape index (κ3) is 13.5. The number of hydrogen-bond acceptors (Lipinski definition) is 19. The maximum atomic E-state index is 15.2. The van der Waals surface area contributed by atoms with Crippen LogP contribution in [-0.2, 0) is 46.9 Å². The molecule has 5 atom stereocenters. The van der Waals surface area contributed by atoms with Gasteiger partial charge in [-0.25, -0.2) is 24.4 Å². The van der Waals surface area contributed by atoms with Gasteiger partial charge in [-0.2, -0.15) is 0 Å². The number of alkyl carbamates (subject to hydrolysis) is 1. The van der Waals surface area contributed by atoms with E-state index in [0.717, 1.165) is 38.5 Å². The summed E-state index contributed by atoms with van der Waals surface area (Å²) in [5.41, 5.74) is 0.746. The third-order valence-electron chi connectivity index (χ3n) is 13.4. The molecule has 23 heteroatoms. The second kappa shape index (κ2) is 22.8. The molecule has 5 aliphatic rings. The quantitative estimate of drug-likeness (QED) is 0.0263. The summed E-state index contributed by atoms with van der Waals surface area (Å²) in [6.07, 6.45) is 4.26. The number of benzene rings is 1. The van der Waals surface area contributed by atoms with Crippen LogP contribution >= 0.6 is 18.9 Å². The molecule has 3 aromatic rings. The second-order valence-electron chi connectivity index (χ2n) is 20.7. The van der Waals surface area contributed by atoms with Gasteiger partial charge in [-0.1, -0.05) is 26.8 Å². The van der Waals surface area contributed by atoms with E-state index in [1.165, 1.54) is 22.3 Å². The number of likely N-dealkylation sites (tertiary alicyclic amines) is 1. The molecule has 5 fully saturated rings. The molecule has 1 unspecified atom stereocenters. The van der Waals surface area contributed by atoms with E-state index in [1.54, 1.807) is 46.1 Å². The zero-order valence-electron chi connectivity index (χ0n) is 42.2. The predicted molar refractivity (Wildman–Crippen MR) is 267 cm³/mol. The van der Waals surface area contributed by atoms with Crippen LogP contribution in [0.3, 0.4) is 0 Å². The first-order valence-corrected chi connectivity index (χ1v) is 27.4. The molecular formula is C50H67N6O15PS. The smallest absolute Gasteiger partial charge is 0.497 e. The summed E-state index contributed by atoms with van der Waals surface area (Å²) in [4.78, 5) is 79.7. The van der Waals surface area contributed by atoms with Gasteiger partial charge in [-0.05, 0) is 101 Å². The number of methoxy groups -OCH3 is 1. The van der Waals surface area contributed by atoms with E-state index in [9.17, 15) is 14.4 Å².